The number of ether oxygens (including phenoxy) is 1. The molecule has 4 heteroatoms. The Balaban J connectivity index is 2.20. The van der Waals surface area contributed by atoms with Gasteiger partial charge in [-0.3, -0.25) is 4.79 Å². The number of carbonyl (C=O) groups is 2. The molecule has 0 aliphatic rings. The minimum Gasteiger partial charge on any atom is -0.496 e. The van der Waals surface area contributed by atoms with E-state index in [0.29, 0.717) is 11.3 Å². The zero-order valence-corrected chi connectivity index (χ0v) is 11.4. The highest BCUT2D eigenvalue weighted by atomic mass is 16.5. The van der Waals surface area contributed by atoms with Gasteiger partial charge in [0.2, 0.25) is 0 Å². The molecule has 0 spiro atoms. The number of hydrogen-bond donors (Lipinski definition) is 1. The number of carboxylic acid groups (broad SMARTS) is 1. The average Bonchev–Trinajstić information content (AvgIpc) is 2.52. The Morgan fingerprint density at radius 1 is 1.05 bits per heavy atom. The molecule has 0 saturated carbocycles. The van der Waals surface area contributed by atoms with Gasteiger partial charge in [-0.25, -0.2) is 4.79 Å². The summed E-state index contributed by atoms with van der Waals surface area (Å²) in [5.74, 6) is -0.423. The van der Waals surface area contributed by atoms with E-state index in [-0.39, 0.29) is 5.56 Å². The van der Waals surface area contributed by atoms with Crippen molar-refractivity contribution in [2.24, 2.45) is 0 Å². The Morgan fingerprint density at radius 2 is 1.67 bits per heavy atom. The fourth-order valence-electron chi connectivity index (χ4n) is 1.86. The fraction of sp³-hybridized carbons (Fsp3) is 0.0588. The van der Waals surface area contributed by atoms with Gasteiger partial charge in [0, 0.05) is 0 Å². The molecule has 2 aromatic carbocycles. The molecule has 0 bridgehead atoms. The van der Waals surface area contributed by atoms with E-state index in [0.717, 1.165) is 17.4 Å². The summed E-state index contributed by atoms with van der Waals surface area (Å²) in [6.07, 6.45) is 4.48. The minimum absolute atomic E-state index is 0.254. The number of rotatable bonds is 5. The topological polar surface area (TPSA) is 63.6 Å². The van der Waals surface area contributed by atoms with Gasteiger partial charge in [-0.05, 0) is 35.4 Å². The van der Waals surface area contributed by atoms with E-state index >= 15 is 0 Å². The molecule has 106 valence electrons. The van der Waals surface area contributed by atoms with Gasteiger partial charge < -0.3 is 9.84 Å². The van der Waals surface area contributed by atoms with Crippen molar-refractivity contribution in [3.8, 4) is 5.75 Å². The summed E-state index contributed by atoms with van der Waals surface area (Å²) in [5, 5.41) is 8.83. The summed E-state index contributed by atoms with van der Waals surface area (Å²) in [7, 11) is 1.51. The summed E-state index contributed by atoms with van der Waals surface area (Å²) in [5.41, 5.74) is 2.53. The van der Waals surface area contributed by atoms with Crippen molar-refractivity contribution >= 4 is 24.4 Å². The summed E-state index contributed by atoms with van der Waals surface area (Å²) in [4.78, 5) is 21.6. The number of aromatic carboxylic acids is 1. The normalized spacial score (nSPS) is 10.5. The van der Waals surface area contributed by atoms with E-state index in [4.69, 9.17) is 9.84 Å². The van der Waals surface area contributed by atoms with Crippen LogP contribution in [0.4, 0.5) is 0 Å². The maximum atomic E-state index is 10.8. The van der Waals surface area contributed by atoms with Gasteiger partial charge in [-0.15, -0.1) is 0 Å². The standard InChI is InChI=1S/C17H14O4/c1-21-16-10-13(6-9-15(16)11-18)3-2-12-4-7-14(8-5-12)17(19)20/h2-11H,1H3,(H,19,20)/b3-2+. The number of benzene rings is 2. The maximum absolute atomic E-state index is 10.8. The molecular formula is C17H14O4. The fourth-order valence-corrected chi connectivity index (χ4v) is 1.86. The van der Waals surface area contributed by atoms with Crippen LogP contribution in [0.5, 0.6) is 5.75 Å². The smallest absolute Gasteiger partial charge is 0.335 e. The monoisotopic (exact) mass is 282 g/mol. The molecule has 0 amide bonds. The number of aldehydes is 1. The Bertz CT molecular complexity index is 684. The molecule has 0 aromatic heterocycles. The predicted molar refractivity (Wildman–Crippen MR) is 80.7 cm³/mol. The van der Waals surface area contributed by atoms with Crippen molar-refractivity contribution in [1.29, 1.82) is 0 Å². The van der Waals surface area contributed by atoms with Gasteiger partial charge in [-0.1, -0.05) is 30.4 Å². The summed E-state index contributed by atoms with van der Waals surface area (Å²) in [6, 6.07) is 11.9. The lowest BCUT2D eigenvalue weighted by Crippen LogP contribution is -1.94. The predicted octanol–water partition coefficient (Wildman–Crippen LogP) is 3.38. The second-order valence-corrected chi connectivity index (χ2v) is 4.38. The lowest BCUT2D eigenvalue weighted by atomic mass is 10.1. The molecule has 1 N–H and O–H groups in total. The van der Waals surface area contributed by atoms with E-state index in [9.17, 15) is 9.59 Å². The van der Waals surface area contributed by atoms with E-state index in [2.05, 4.69) is 0 Å². The van der Waals surface area contributed by atoms with Crippen LogP contribution in [0.2, 0.25) is 0 Å². The zero-order chi connectivity index (χ0) is 15.2. The Morgan fingerprint density at radius 3 is 2.24 bits per heavy atom. The number of carboxylic acids is 1. The van der Waals surface area contributed by atoms with Crippen LogP contribution in [-0.2, 0) is 0 Å². The molecule has 0 atom stereocenters. The Hall–Kier alpha value is -2.88. The lowest BCUT2D eigenvalue weighted by Gasteiger charge is -2.04. The first-order chi connectivity index (χ1) is 10.1. The number of carbonyl (C=O) groups excluding carboxylic acids is 1. The van der Waals surface area contributed by atoms with Gasteiger partial charge in [0.1, 0.15) is 5.75 Å². The summed E-state index contributed by atoms with van der Waals surface area (Å²) >= 11 is 0. The van der Waals surface area contributed by atoms with Crippen LogP contribution in [0.3, 0.4) is 0 Å². The third kappa shape index (κ3) is 3.57. The number of hydrogen-bond acceptors (Lipinski definition) is 3. The quantitative estimate of drug-likeness (QED) is 0.674. The number of methoxy groups -OCH3 is 1. The third-order valence-corrected chi connectivity index (χ3v) is 3.01. The van der Waals surface area contributed by atoms with Crippen LogP contribution in [0.15, 0.2) is 42.5 Å². The van der Waals surface area contributed by atoms with Gasteiger partial charge in [0.25, 0.3) is 0 Å². The second kappa shape index (κ2) is 6.52. The van der Waals surface area contributed by atoms with Gasteiger partial charge in [0.15, 0.2) is 6.29 Å². The van der Waals surface area contributed by atoms with Gasteiger partial charge in [0.05, 0.1) is 18.2 Å². The summed E-state index contributed by atoms with van der Waals surface area (Å²) in [6.45, 7) is 0. The van der Waals surface area contributed by atoms with Crippen molar-refractivity contribution in [2.75, 3.05) is 7.11 Å². The van der Waals surface area contributed by atoms with E-state index in [1.54, 1.807) is 36.4 Å². The van der Waals surface area contributed by atoms with Gasteiger partial charge in [-0.2, -0.15) is 0 Å². The Labute approximate surface area is 122 Å². The van der Waals surface area contributed by atoms with E-state index in [1.165, 1.54) is 7.11 Å². The summed E-state index contributed by atoms with van der Waals surface area (Å²) < 4.78 is 5.14. The third-order valence-electron chi connectivity index (χ3n) is 3.01. The van der Waals surface area contributed by atoms with Crippen molar-refractivity contribution < 1.29 is 19.4 Å². The Kier molecular flexibility index (Phi) is 4.51. The first-order valence-corrected chi connectivity index (χ1v) is 6.28. The van der Waals surface area contributed by atoms with Crippen molar-refractivity contribution in [3.63, 3.8) is 0 Å². The molecule has 0 heterocycles. The molecule has 4 nitrogen and oxygen atoms in total. The largest absolute Gasteiger partial charge is 0.496 e. The molecule has 0 aliphatic heterocycles. The molecule has 2 rings (SSSR count). The van der Waals surface area contributed by atoms with Crippen molar-refractivity contribution in [3.05, 3.63) is 64.7 Å². The maximum Gasteiger partial charge on any atom is 0.335 e. The van der Waals surface area contributed by atoms with Crippen molar-refractivity contribution in [1.82, 2.24) is 0 Å². The van der Waals surface area contributed by atoms with Crippen LogP contribution in [0.1, 0.15) is 31.8 Å². The van der Waals surface area contributed by atoms with Crippen LogP contribution in [-0.4, -0.2) is 24.5 Å². The molecular weight excluding hydrogens is 268 g/mol. The average molecular weight is 282 g/mol. The molecule has 0 saturated heterocycles. The SMILES string of the molecule is COc1cc(/C=C/c2ccc(C(=O)O)cc2)ccc1C=O. The van der Waals surface area contributed by atoms with Crippen LogP contribution in [0, 0.1) is 0 Å². The first kappa shape index (κ1) is 14.5. The molecule has 0 fully saturated rings. The van der Waals surface area contributed by atoms with Crippen LogP contribution < -0.4 is 4.74 Å². The zero-order valence-electron chi connectivity index (χ0n) is 11.4. The van der Waals surface area contributed by atoms with E-state index < -0.39 is 5.97 Å². The minimum atomic E-state index is -0.945. The molecule has 0 unspecified atom stereocenters. The molecule has 0 radical (unpaired) electrons. The molecule has 2 aromatic rings. The van der Waals surface area contributed by atoms with Crippen LogP contribution in [0.25, 0.3) is 12.2 Å². The lowest BCUT2D eigenvalue weighted by molar-refractivity contribution is 0.0696. The van der Waals surface area contributed by atoms with Crippen LogP contribution >= 0.6 is 0 Å². The molecule has 21 heavy (non-hydrogen) atoms. The van der Waals surface area contributed by atoms with Gasteiger partial charge >= 0.3 is 5.97 Å². The first-order valence-electron chi connectivity index (χ1n) is 6.28. The highest BCUT2D eigenvalue weighted by Gasteiger charge is 2.02. The molecule has 0 aliphatic carbocycles. The van der Waals surface area contributed by atoms with E-state index in [1.807, 2.05) is 18.2 Å². The highest BCUT2D eigenvalue weighted by molar-refractivity contribution is 5.88. The second-order valence-electron chi connectivity index (χ2n) is 4.38. The highest BCUT2D eigenvalue weighted by Crippen LogP contribution is 2.20. The van der Waals surface area contributed by atoms with Crippen molar-refractivity contribution in [2.45, 2.75) is 0 Å².